The normalized spacial score (nSPS) is 23.3. The van der Waals surface area contributed by atoms with Gasteiger partial charge in [-0.15, -0.1) is 0 Å². The third-order valence-electron chi connectivity index (χ3n) is 5.03. The molecular weight excluding hydrogens is 232 g/mol. The Hall–Kier alpha value is -1.11. The van der Waals surface area contributed by atoms with Crippen molar-refractivity contribution in [1.29, 1.82) is 0 Å². The van der Waals surface area contributed by atoms with Gasteiger partial charge in [0.2, 0.25) is 0 Å². The molecule has 0 saturated heterocycles. The van der Waals surface area contributed by atoms with Crippen LogP contribution in [0.1, 0.15) is 68.4 Å². The predicted molar refractivity (Wildman–Crippen MR) is 78.3 cm³/mol. The average molecular weight is 256 g/mol. The van der Waals surface area contributed by atoms with Gasteiger partial charge in [-0.25, -0.2) is 0 Å². The molecule has 102 valence electrons. The monoisotopic (exact) mass is 256 g/mol. The van der Waals surface area contributed by atoms with Crippen LogP contribution in [0.25, 0.3) is 0 Å². The molecule has 1 unspecified atom stereocenters. The van der Waals surface area contributed by atoms with E-state index >= 15 is 0 Å². The van der Waals surface area contributed by atoms with Gasteiger partial charge in [-0.1, -0.05) is 49.9 Å². The first-order chi connectivity index (χ1) is 9.34. The van der Waals surface area contributed by atoms with Crippen molar-refractivity contribution in [2.75, 3.05) is 0 Å². The van der Waals surface area contributed by atoms with Gasteiger partial charge in [-0.3, -0.25) is 4.79 Å². The highest BCUT2D eigenvalue weighted by molar-refractivity contribution is 5.86. The molecule has 2 aliphatic rings. The van der Waals surface area contributed by atoms with Crippen LogP contribution in [0.15, 0.2) is 24.3 Å². The summed E-state index contributed by atoms with van der Waals surface area (Å²) in [5.74, 6) is 1.54. The van der Waals surface area contributed by atoms with Crippen LogP contribution in [0, 0.1) is 5.92 Å². The molecule has 1 aromatic rings. The van der Waals surface area contributed by atoms with Crippen LogP contribution >= 0.6 is 0 Å². The fourth-order valence-electron chi connectivity index (χ4n) is 3.91. The van der Waals surface area contributed by atoms with Crippen LogP contribution in [-0.4, -0.2) is 5.78 Å². The van der Waals surface area contributed by atoms with Crippen LogP contribution in [-0.2, 0) is 11.2 Å². The van der Waals surface area contributed by atoms with Crippen molar-refractivity contribution in [3.8, 4) is 0 Å². The van der Waals surface area contributed by atoms with Crippen molar-refractivity contribution in [2.24, 2.45) is 5.92 Å². The Bertz CT molecular complexity index is 443. The minimum atomic E-state index is 0.200. The number of fused-ring (bicyclic) bond motifs is 1. The van der Waals surface area contributed by atoms with Crippen molar-refractivity contribution in [3.05, 3.63) is 35.4 Å². The first kappa shape index (κ1) is 12.9. The summed E-state index contributed by atoms with van der Waals surface area (Å²) in [4.78, 5) is 12.5. The zero-order valence-corrected chi connectivity index (χ0v) is 11.7. The first-order valence-corrected chi connectivity index (χ1v) is 7.95. The summed E-state index contributed by atoms with van der Waals surface area (Å²) in [5, 5.41) is 0. The van der Waals surface area contributed by atoms with E-state index in [0.29, 0.717) is 5.78 Å². The highest BCUT2D eigenvalue weighted by Crippen LogP contribution is 2.35. The number of aryl methyl sites for hydroxylation is 1. The topological polar surface area (TPSA) is 17.1 Å². The molecule has 0 bridgehead atoms. The number of rotatable bonds is 4. The number of carbonyl (C=O) groups excluding carboxylic acids is 1. The fraction of sp³-hybridized carbons (Fsp3) is 0.611. The molecule has 1 atom stereocenters. The summed E-state index contributed by atoms with van der Waals surface area (Å²) in [7, 11) is 0. The van der Waals surface area contributed by atoms with Gasteiger partial charge in [0.05, 0.1) is 0 Å². The Morgan fingerprint density at radius 2 is 1.84 bits per heavy atom. The van der Waals surface area contributed by atoms with Crippen LogP contribution < -0.4 is 0 Å². The molecule has 2 aliphatic carbocycles. The van der Waals surface area contributed by atoms with Gasteiger partial charge in [0, 0.05) is 12.3 Å². The zero-order valence-electron chi connectivity index (χ0n) is 11.7. The molecule has 3 rings (SSSR count). The summed E-state index contributed by atoms with van der Waals surface area (Å²) >= 11 is 0. The van der Waals surface area contributed by atoms with E-state index in [4.69, 9.17) is 0 Å². The average Bonchev–Trinajstić information content (AvgIpc) is 2.97. The van der Waals surface area contributed by atoms with E-state index in [1.165, 1.54) is 43.2 Å². The van der Waals surface area contributed by atoms with Gasteiger partial charge < -0.3 is 0 Å². The van der Waals surface area contributed by atoms with Gasteiger partial charge in [-0.05, 0) is 42.7 Å². The number of ketones is 1. The summed E-state index contributed by atoms with van der Waals surface area (Å²) in [6, 6.07) is 8.56. The lowest BCUT2D eigenvalue weighted by molar-refractivity contribution is -0.121. The van der Waals surface area contributed by atoms with Gasteiger partial charge >= 0.3 is 0 Å². The number of Topliss-reactive ketones (excluding diaryl/α,β-unsaturated/α-hetero) is 1. The van der Waals surface area contributed by atoms with Crippen LogP contribution in [0.2, 0.25) is 0 Å². The second-order valence-electron chi connectivity index (χ2n) is 6.30. The summed E-state index contributed by atoms with van der Waals surface area (Å²) < 4.78 is 0. The van der Waals surface area contributed by atoms with E-state index in [-0.39, 0.29) is 5.92 Å². The lowest BCUT2D eigenvalue weighted by Gasteiger charge is -2.24. The van der Waals surface area contributed by atoms with Crippen molar-refractivity contribution in [3.63, 3.8) is 0 Å². The van der Waals surface area contributed by atoms with Crippen molar-refractivity contribution in [2.45, 2.75) is 63.7 Å². The summed E-state index contributed by atoms with van der Waals surface area (Å²) in [6.45, 7) is 0. The Balaban J connectivity index is 1.64. The highest BCUT2D eigenvalue weighted by atomic mass is 16.1. The molecule has 1 fully saturated rings. The Morgan fingerprint density at radius 1 is 1.05 bits per heavy atom. The third kappa shape index (κ3) is 2.91. The second kappa shape index (κ2) is 5.90. The van der Waals surface area contributed by atoms with E-state index in [0.717, 1.165) is 31.6 Å². The molecule has 0 heterocycles. The molecule has 0 spiro atoms. The first-order valence-electron chi connectivity index (χ1n) is 7.95. The van der Waals surface area contributed by atoms with Gasteiger partial charge in [0.1, 0.15) is 5.78 Å². The van der Waals surface area contributed by atoms with E-state index in [9.17, 15) is 4.79 Å². The summed E-state index contributed by atoms with van der Waals surface area (Å²) in [5.41, 5.74) is 2.73. The van der Waals surface area contributed by atoms with E-state index in [2.05, 4.69) is 24.3 Å². The van der Waals surface area contributed by atoms with Crippen LogP contribution in [0.3, 0.4) is 0 Å². The second-order valence-corrected chi connectivity index (χ2v) is 6.30. The van der Waals surface area contributed by atoms with Crippen LogP contribution in [0.4, 0.5) is 0 Å². The maximum atomic E-state index is 12.5. The quantitative estimate of drug-likeness (QED) is 0.766. The molecule has 1 aromatic carbocycles. The molecule has 0 amide bonds. The van der Waals surface area contributed by atoms with Gasteiger partial charge in [0.25, 0.3) is 0 Å². The molecule has 1 heteroatoms. The fourth-order valence-corrected chi connectivity index (χ4v) is 3.91. The predicted octanol–water partition coefficient (Wildman–Crippen LogP) is 4.65. The number of carbonyl (C=O) groups is 1. The summed E-state index contributed by atoms with van der Waals surface area (Å²) in [6.07, 6.45) is 10.8. The lowest BCUT2D eigenvalue weighted by atomic mass is 9.79. The molecule has 19 heavy (non-hydrogen) atoms. The largest absolute Gasteiger partial charge is 0.299 e. The molecule has 1 nitrogen and oxygen atoms in total. The standard InChI is InChI=1S/C18H24O/c19-18(13-12-14-6-1-2-7-14)17-11-5-9-15-8-3-4-10-16(15)17/h3-4,8,10,14,17H,1-2,5-7,9,11-13H2. The van der Waals surface area contributed by atoms with Crippen molar-refractivity contribution >= 4 is 5.78 Å². The van der Waals surface area contributed by atoms with E-state index in [1.54, 1.807) is 0 Å². The number of benzene rings is 1. The highest BCUT2D eigenvalue weighted by Gasteiger charge is 2.26. The third-order valence-corrected chi connectivity index (χ3v) is 5.03. The van der Waals surface area contributed by atoms with E-state index in [1.807, 2.05) is 0 Å². The maximum absolute atomic E-state index is 12.5. The minimum Gasteiger partial charge on any atom is -0.299 e. The molecule has 0 radical (unpaired) electrons. The molecule has 1 saturated carbocycles. The molecule has 0 aliphatic heterocycles. The minimum absolute atomic E-state index is 0.200. The Morgan fingerprint density at radius 3 is 2.68 bits per heavy atom. The lowest BCUT2D eigenvalue weighted by Crippen LogP contribution is -2.19. The van der Waals surface area contributed by atoms with E-state index < -0.39 is 0 Å². The Labute approximate surface area is 116 Å². The molecule has 0 N–H and O–H groups in total. The smallest absolute Gasteiger partial charge is 0.140 e. The molecule has 0 aromatic heterocycles. The maximum Gasteiger partial charge on any atom is 0.140 e. The zero-order chi connectivity index (χ0) is 13.1. The Kier molecular flexibility index (Phi) is 4.00. The molecular formula is C18H24O. The van der Waals surface area contributed by atoms with Gasteiger partial charge in [-0.2, -0.15) is 0 Å². The number of hydrogen-bond donors (Lipinski definition) is 0. The van der Waals surface area contributed by atoms with Crippen molar-refractivity contribution < 1.29 is 4.79 Å². The van der Waals surface area contributed by atoms with Crippen LogP contribution in [0.5, 0.6) is 0 Å². The SMILES string of the molecule is O=C(CCC1CCCC1)C1CCCc2ccccc21. The van der Waals surface area contributed by atoms with Gasteiger partial charge in [0.15, 0.2) is 0 Å². The number of hydrogen-bond acceptors (Lipinski definition) is 1. The van der Waals surface area contributed by atoms with Crippen molar-refractivity contribution in [1.82, 2.24) is 0 Å².